The second-order valence-corrected chi connectivity index (χ2v) is 4.40. The van der Waals surface area contributed by atoms with Crippen LogP contribution < -0.4 is 0 Å². The normalized spacial score (nSPS) is 12.2. The van der Waals surface area contributed by atoms with Gasteiger partial charge in [0, 0.05) is 12.0 Å². The fraction of sp³-hybridized carbons (Fsp3) is 0.333. The van der Waals surface area contributed by atoms with Gasteiger partial charge in [-0.15, -0.1) is 0 Å². The highest BCUT2D eigenvalue weighted by Crippen LogP contribution is 2.31. The first-order valence-electron chi connectivity index (χ1n) is 4.88. The van der Waals surface area contributed by atoms with Crippen LogP contribution >= 0.6 is 0 Å². The van der Waals surface area contributed by atoms with E-state index < -0.39 is 5.60 Å². The monoisotopic (exact) mass is 206 g/mol. The van der Waals surface area contributed by atoms with Crippen LogP contribution in [-0.4, -0.2) is 15.8 Å². The van der Waals surface area contributed by atoms with Crippen LogP contribution in [0.1, 0.15) is 19.4 Å². The zero-order valence-electron chi connectivity index (χ0n) is 8.82. The molecule has 0 saturated carbocycles. The number of furan rings is 1. The van der Waals surface area contributed by atoms with E-state index in [1.165, 1.54) is 0 Å². The van der Waals surface area contributed by atoms with Gasteiger partial charge in [-0.1, -0.05) is 6.07 Å². The summed E-state index contributed by atoms with van der Waals surface area (Å²) in [7, 11) is 0. The fourth-order valence-electron chi connectivity index (χ4n) is 1.73. The topological polar surface area (TPSA) is 53.6 Å². The van der Waals surface area contributed by atoms with Gasteiger partial charge in [-0.25, -0.2) is 0 Å². The molecule has 2 N–H and O–H groups in total. The third kappa shape index (κ3) is 1.97. The van der Waals surface area contributed by atoms with E-state index in [2.05, 4.69) is 0 Å². The first kappa shape index (κ1) is 10.1. The molecule has 0 bridgehead atoms. The largest absolute Gasteiger partial charge is 0.507 e. The average Bonchev–Trinajstić information content (AvgIpc) is 2.47. The summed E-state index contributed by atoms with van der Waals surface area (Å²) in [6, 6.07) is 5.14. The van der Waals surface area contributed by atoms with Crippen molar-refractivity contribution in [2.45, 2.75) is 25.9 Å². The van der Waals surface area contributed by atoms with Crippen molar-refractivity contribution in [1.82, 2.24) is 0 Å². The number of phenolic OH excluding ortho intramolecular Hbond substituents is 1. The Bertz CT molecular complexity index is 477. The van der Waals surface area contributed by atoms with E-state index in [1.54, 1.807) is 38.3 Å². The minimum absolute atomic E-state index is 0.195. The number of aromatic hydroxyl groups is 1. The molecule has 0 spiro atoms. The van der Waals surface area contributed by atoms with Gasteiger partial charge < -0.3 is 14.6 Å². The van der Waals surface area contributed by atoms with Crippen LogP contribution in [-0.2, 0) is 6.42 Å². The molecule has 0 aliphatic rings. The van der Waals surface area contributed by atoms with Crippen LogP contribution in [0.25, 0.3) is 11.0 Å². The Morgan fingerprint density at radius 1 is 1.33 bits per heavy atom. The Kier molecular flexibility index (Phi) is 2.20. The van der Waals surface area contributed by atoms with Crippen LogP contribution in [0.15, 0.2) is 28.9 Å². The Morgan fingerprint density at radius 2 is 2.07 bits per heavy atom. The van der Waals surface area contributed by atoms with Crippen molar-refractivity contribution in [1.29, 1.82) is 0 Å². The van der Waals surface area contributed by atoms with E-state index in [9.17, 15) is 10.2 Å². The lowest BCUT2D eigenvalue weighted by Crippen LogP contribution is -2.21. The maximum absolute atomic E-state index is 9.72. The van der Waals surface area contributed by atoms with Gasteiger partial charge in [0.05, 0.1) is 17.3 Å². The molecule has 1 aromatic heterocycles. The predicted molar refractivity (Wildman–Crippen MR) is 57.9 cm³/mol. The number of aliphatic hydroxyl groups is 1. The highest BCUT2D eigenvalue weighted by Gasteiger charge is 2.18. The Morgan fingerprint density at radius 3 is 2.73 bits per heavy atom. The van der Waals surface area contributed by atoms with Gasteiger partial charge in [-0.2, -0.15) is 0 Å². The molecule has 1 heterocycles. The SMILES string of the molecule is CC(C)(O)Cc1coc2cccc(O)c12. The highest BCUT2D eigenvalue weighted by atomic mass is 16.3. The number of phenols is 1. The minimum Gasteiger partial charge on any atom is -0.507 e. The molecule has 0 atom stereocenters. The van der Waals surface area contributed by atoms with Gasteiger partial charge in [-0.3, -0.25) is 0 Å². The van der Waals surface area contributed by atoms with Gasteiger partial charge in [0.2, 0.25) is 0 Å². The highest BCUT2D eigenvalue weighted by molar-refractivity contribution is 5.87. The van der Waals surface area contributed by atoms with Crippen LogP contribution in [0.2, 0.25) is 0 Å². The van der Waals surface area contributed by atoms with Crippen LogP contribution in [0.5, 0.6) is 5.75 Å². The zero-order valence-corrected chi connectivity index (χ0v) is 8.82. The second-order valence-electron chi connectivity index (χ2n) is 4.40. The molecule has 0 fully saturated rings. The Hall–Kier alpha value is -1.48. The van der Waals surface area contributed by atoms with Gasteiger partial charge in [0.15, 0.2) is 0 Å². The number of hydrogen-bond donors (Lipinski definition) is 2. The van der Waals surface area contributed by atoms with Crippen molar-refractivity contribution in [2.24, 2.45) is 0 Å². The molecular weight excluding hydrogens is 192 g/mol. The molecule has 2 rings (SSSR count). The Labute approximate surface area is 88.0 Å². The van der Waals surface area contributed by atoms with E-state index in [4.69, 9.17) is 4.42 Å². The van der Waals surface area contributed by atoms with Crippen molar-refractivity contribution >= 4 is 11.0 Å². The molecule has 0 unspecified atom stereocenters. The third-order valence-corrected chi connectivity index (χ3v) is 2.28. The molecule has 0 saturated heterocycles. The summed E-state index contributed by atoms with van der Waals surface area (Å²) in [5.74, 6) is 0.195. The molecule has 0 aliphatic heterocycles. The van der Waals surface area contributed by atoms with Gasteiger partial charge >= 0.3 is 0 Å². The fourth-order valence-corrected chi connectivity index (χ4v) is 1.73. The number of hydrogen-bond acceptors (Lipinski definition) is 3. The predicted octanol–water partition coefficient (Wildman–Crippen LogP) is 2.45. The summed E-state index contributed by atoms with van der Waals surface area (Å²) in [5, 5.41) is 20.1. The Balaban J connectivity index is 2.53. The van der Waals surface area contributed by atoms with Crippen molar-refractivity contribution < 1.29 is 14.6 Å². The van der Waals surface area contributed by atoms with Crippen LogP contribution in [0, 0.1) is 0 Å². The lowest BCUT2D eigenvalue weighted by Gasteiger charge is -2.15. The zero-order chi connectivity index (χ0) is 11.1. The van der Waals surface area contributed by atoms with E-state index in [-0.39, 0.29) is 5.75 Å². The molecule has 3 nitrogen and oxygen atoms in total. The van der Waals surface area contributed by atoms with Crippen molar-refractivity contribution in [3.8, 4) is 5.75 Å². The first-order chi connectivity index (χ1) is 6.97. The molecule has 0 amide bonds. The van der Waals surface area contributed by atoms with Gasteiger partial charge in [0.25, 0.3) is 0 Å². The first-order valence-corrected chi connectivity index (χ1v) is 4.88. The van der Waals surface area contributed by atoms with Crippen molar-refractivity contribution in [3.05, 3.63) is 30.0 Å². The molecule has 15 heavy (non-hydrogen) atoms. The maximum Gasteiger partial charge on any atom is 0.137 e. The third-order valence-electron chi connectivity index (χ3n) is 2.28. The molecule has 2 aromatic rings. The summed E-state index contributed by atoms with van der Waals surface area (Å²) in [6.07, 6.45) is 2.04. The average molecular weight is 206 g/mol. The molecule has 1 aromatic carbocycles. The van der Waals surface area contributed by atoms with Gasteiger partial charge in [0.1, 0.15) is 11.3 Å². The summed E-state index contributed by atoms with van der Waals surface area (Å²) < 4.78 is 5.30. The van der Waals surface area contributed by atoms with Crippen LogP contribution in [0.4, 0.5) is 0 Å². The van der Waals surface area contributed by atoms with Gasteiger partial charge in [-0.05, 0) is 26.0 Å². The van der Waals surface area contributed by atoms with Crippen molar-refractivity contribution in [3.63, 3.8) is 0 Å². The molecule has 0 radical (unpaired) electrons. The summed E-state index contributed by atoms with van der Waals surface area (Å²) >= 11 is 0. The van der Waals surface area contributed by atoms with Crippen molar-refractivity contribution in [2.75, 3.05) is 0 Å². The standard InChI is InChI=1S/C12H14O3/c1-12(2,14)6-8-7-15-10-5-3-4-9(13)11(8)10/h3-5,7,13-14H,6H2,1-2H3. The minimum atomic E-state index is -0.806. The number of rotatable bonds is 2. The molecular formula is C12H14O3. The summed E-state index contributed by atoms with van der Waals surface area (Å²) in [4.78, 5) is 0. The summed E-state index contributed by atoms with van der Waals surface area (Å²) in [5.41, 5.74) is 0.670. The lowest BCUT2D eigenvalue weighted by molar-refractivity contribution is 0.0811. The molecule has 0 aliphatic carbocycles. The molecule has 80 valence electrons. The maximum atomic E-state index is 9.72. The molecule has 3 heteroatoms. The number of fused-ring (bicyclic) bond motifs is 1. The summed E-state index contributed by atoms with van der Waals surface area (Å²) in [6.45, 7) is 3.46. The number of benzene rings is 1. The van der Waals surface area contributed by atoms with E-state index in [0.717, 1.165) is 5.56 Å². The van der Waals surface area contributed by atoms with E-state index in [1.807, 2.05) is 0 Å². The quantitative estimate of drug-likeness (QED) is 0.793. The lowest BCUT2D eigenvalue weighted by atomic mass is 9.98. The smallest absolute Gasteiger partial charge is 0.137 e. The van der Waals surface area contributed by atoms with Crippen LogP contribution in [0.3, 0.4) is 0 Å². The van der Waals surface area contributed by atoms with E-state index in [0.29, 0.717) is 17.4 Å². The van der Waals surface area contributed by atoms with E-state index >= 15 is 0 Å². The second kappa shape index (κ2) is 3.28.